The third-order valence-corrected chi connectivity index (χ3v) is 4.20. The fourth-order valence-electron chi connectivity index (χ4n) is 2.92. The first-order valence-electron chi connectivity index (χ1n) is 8.13. The van der Waals surface area contributed by atoms with E-state index in [0.717, 1.165) is 39.5 Å². The molecule has 0 atom stereocenters. The number of nitrogens with zero attached hydrogens (tertiary/aromatic N) is 5. The minimum atomic E-state index is 0.730. The number of pyridine rings is 2. The van der Waals surface area contributed by atoms with Gasteiger partial charge < -0.3 is 4.42 Å². The number of aromatic nitrogens is 5. The molecule has 0 fully saturated rings. The number of hydrogen-bond donors (Lipinski definition) is 0. The Bertz CT molecular complexity index is 1180. The summed E-state index contributed by atoms with van der Waals surface area (Å²) in [6.07, 6.45) is 10.6. The van der Waals surface area contributed by atoms with Gasteiger partial charge in [0.1, 0.15) is 5.69 Å². The Morgan fingerprint density at radius 1 is 0.808 bits per heavy atom. The highest BCUT2D eigenvalue weighted by Crippen LogP contribution is 2.26. The molecular formula is C20H13N5O. The lowest BCUT2D eigenvalue weighted by Gasteiger charge is -2.04. The highest BCUT2D eigenvalue weighted by molar-refractivity contribution is 5.71. The Labute approximate surface area is 148 Å². The van der Waals surface area contributed by atoms with Crippen molar-refractivity contribution in [3.05, 3.63) is 79.7 Å². The fourth-order valence-corrected chi connectivity index (χ4v) is 2.92. The van der Waals surface area contributed by atoms with Crippen molar-refractivity contribution in [2.75, 3.05) is 0 Å². The molecule has 5 heterocycles. The van der Waals surface area contributed by atoms with E-state index in [1.54, 1.807) is 24.9 Å². The Hall–Kier alpha value is -3.80. The van der Waals surface area contributed by atoms with E-state index >= 15 is 0 Å². The van der Waals surface area contributed by atoms with Crippen LogP contribution in [0.25, 0.3) is 39.5 Å². The van der Waals surface area contributed by atoms with Crippen LogP contribution in [0.1, 0.15) is 0 Å². The summed E-state index contributed by atoms with van der Waals surface area (Å²) in [5, 5.41) is 4.58. The second-order valence-electron chi connectivity index (χ2n) is 5.80. The van der Waals surface area contributed by atoms with E-state index in [0.29, 0.717) is 0 Å². The molecule has 0 aliphatic carbocycles. The van der Waals surface area contributed by atoms with Gasteiger partial charge in [0.2, 0.25) is 0 Å². The molecular weight excluding hydrogens is 326 g/mol. The third kappa shape index (κ3) is 2.44. The van der Waals surface area contributed by atoms with Gasteiger partial charge in [0.25, 0.3) is 0 Å². The normalized spacial score (nSPS) is 11.1. The number of hydrogen-bond acceptors (Lipinski definition) is 5. The second-order valence-corrected chi connectivity index (χ2v) is 5.80. The third-order valence-electron chi connectivity index (χ3n) is 4.20. The first kappa shape index (κ1) is 14.5. The highest BCUT2D eigenvalue weighted by Gasteiger charge is 2.11. The van der Waals surface area contributed by atoms with Gasteiger partial charge in [-0.05, 0) is 48.0 Å². The lowest BCUT2D eigenvalue weighted by molar-refractivity contribution is 0.580. The van der Waals surface area contributed by atoms with Gasteiger partial charge in [0.15, 0.2) is 11.4 Å². The summed E-state index contributed by atoms with van der Waals surface area (Å²) in [4.78, 5) is 12.9. The van der Waals surface area contributed by atoms with Crippen LogP contribution >= 0.6 is 0 Å². The SMILES string of the molecule is c1coc(-c2cc(-c3cnc4cc(-c5ccncc5)cnn34)ccn2)c1. The van der Waals surface area contributed by atoms with Crippen molar-refractivity contribution in [1.29, 1.82) is 0 Å². The average molecular weight is 339 g/mol. The van der Waals surface area contributed by atoms with E-state index in [1.165, 1.54) is 0 Å². The smallest absolute Gasteiger partial charge is 0.154 e. The van der Waals surface area contributed by atoms with Gasteiger partial charge >= 0.3 is 0 Å². The van der Waals surface area contributed by atoms with E-state index in [1.807, 2.05) is 59.4 Å². The van der Waals surface area contributed by atoms with Crippen LogP contribution in [0.5, 0.6) is 0 Å². The molecule has 5 aromatic heterocycles. The van der Waals surface area contributed by atoms with Crippen molar-refractivity contribution in [3.63, 3.8) is 0 Å². The molecule has 5 aromatic rings. The zero-order chi connectivity index (χ0) is 17.3. The molecule has 0 unspecified atom stereocenters. The van der Waals surface area contributed by atoms with Crippen LogP contribution < -0.4 is 0 Å². The van der Waals surface area contributed by atoms with Crippen molar-refractivity contribution >= 4 is 5.65 Å². The van der Waals surface area contributed by atoms with E-state index < -0.39 is 0 Å². The molecule has 0 saturated heterocycles. The molecule has 0 amide bonds. The lowest BCUT2D eigenvalue weighted by atomic mass is 10.1. The van der Waals surface area contributed by atoms with Gasteiger partial charge in [-0.2, -0.15) is 5.10 Å². The van der Waals surface area contributed by atoms with Gasteiger partial charge in [0.05, 0.1) is 24.4 Å². The van der Waals surface area contributed by atoms with E-state index in [-0.39, 0.29) is 0 Å². The zero-order valence-electron chi connectivity index (χ0n) is 13.6. The Morgan fingerprint density at radius 2 is 1.69 bits per heavy atom. The highest BCUT2D eigenvalue weighted by atomic mass is 16.3. The maximum absolute atomic E-state index is 5.44. The van der Waals surface area contributed by atoms with Crippen molar-refractivity contribution < 1.29 is 4.42 Å². The maximum atomic E-state index is 5.44. The molecule has 0 N–H and O–H groups in total. The molecule has 26 heavy (non-hydrogen) atoms. The predicted octanol–water partition coefficient (Wildman–Crippen LogP) is 4.11. The van der Waals surface area contributed by atoms with Crippen molar-refractivity contribution in [2.45, 2.75) is 0 Å². The van der Waals surface area contributed by atoms with Gasteiger partial charge in [0, 0.05) is 29.7 Å². The first-order chi connectivity index (χ1) is 12.9. The van der Waals surface area contributed by atoms with E-state index in [2.05, 4.69) is 20.1 Å². The summed E-state index contributed by atoms with van der Waals surface area (Å²) in [7, 11) is 0. The van der Waals surface area contributed by atoms with Crippen molar-refractivity contribution in [3.8, 4) is 33.8 Å². The van der Waals surface area contributed by atoms with Crippen molar-refractivity contribution in [2.24, 2.45) is 0 Å². The van der Waals surface area contributed by atoms with Crippen LogP contribution in [0.15, 0.2) is 84.1 Å². The number of rotatable bonds is 3. The quantitative estimate of drug-likeness (QED) is 0.495. The van der Waals surface area contributed by atoms with Crippen LogP contribution in [0, 0.1) is 0 Å². The lowest BCUT2D eigenvalue weighted by Crippen LogP contribution is -1.95. The first-order valence-corrected chi connectivity index (χ1v) is 8.13. The summed E-state index contributed by atoms with van der Waals surface area (Å²) >= 11 is 0. The molecule has 0 bridgehead atoms. The van der Waals surface area contributed by atoms with Crippen LogP contribution in [0.4, 0.5) is 0 Å². The molecule has 6 nitrogen and oxygen atoms in total. The molecule has 124 valence electrons. The Morgan fingerprint density at radius 3 is 2.54 bits per heavy atom. The van der Waals surface area contributed by atoms with Crippen LogP contribution in [-0.4, -0.2) is 24.6 Å². The minimum absolute atomic E-state index is 0.730. The maximum Gasteiger partial charge on any atom is 0.154 e. The van der Waals surface area contributed by atoms with Crippen LogP contribution in [0.2, 0.25) is 0 Å². The van der Waals surface area contributed by atoms with Crippen LogP contribution in [0.3, 0.4) is 0 Å². The molecule has 0 saturated carbocycles. The van der Waals surface area contributed by atoms with E-state index in [9.17, 15) is 0 Å². The number of furan rings is 1. The summed E-state index contributed by atoms with van der Waals surface area (Å²) in [5.74, 6) is 0.730. The predicted molar refractivity (Wildman–Crippen MR) is 97.2 cm³/mol. The fraction of sp³-hybridized carbons (Fsp3) is 0. The molecule has 5 rings (SSSR count). The molecule has 0 aliphatic heterocycles. The number of fused-ring (bicyclic) bond motifs is 1. The molecule has 6 heteroatoms. The zero-order valence-corrected chi connectivity index (χ0v) is 13.6. The summed E-state index contributed by atoms with van der Waals surface area (Å²) in [6.45, 7) is 0. The average Bonchev–Trinajstić information content (AvgIpc) is 3.38. The van der Waals surface area contributed by atoms with Gasteiger partial charge in [-0.3, -0.25) is 9.97 Å². The Balaban J connectivity index is 1.59. The van der Waals surface area contributed by atoms with Gasteiger partial charge in [-0.25, -0.2) is 9.50 Å². The minimum Gasteiger partial charge on any atom is -0.463 e. The monoisotopic (exact) mass is 339 g/mol. The molecule has 0 aliphatic rings. The van der Waals surface area contributed by atoms with Gasteiger partial charge in [-0.15, -0.1) is 0 Å². The number of imidazole rings is 1. The van der Waals surface area contributed by atoms with Crippen LogP contribution in [-0.2, 0) is 0 Å². The topological polar surface area (TPSA) is 69.1 Å². The molecule has 0 aromatic carbocycles. The summed E-state index contributed by atoms with van der Waals surface area (Å²) in [5.41, 5.74) is 5.49. The standard InChI is InChI=1S/C20H13N5O/c1-2-19(26-9-1)17-10-15(5-8-22-17)18-13-23-20-11-16(12-24-25(18)20)14-3-6-21-7-4-14/h1-13H. The van der Waals surface area contributed by atoms with Crippen molar-refractivity contribution in [1.82, 2.24) is 24.6 Å². The molecule has 0 spiro atoms. The molecule has 0 radical (unpaired) electrons. The largest absolute Gasteiger partial charge is 0.463 e. The second kappa shape index (κ2) is 5.93. The Kier molecular flexibility index (Phi) is 3.31. The van der Waals surface area contributed by atoms with E-state index in [4.69, 9.17) is 4.42 Å². The summed E-state index contributed by atoms with van der Waals surface area (Å²) in [6, 6.07) is 13.6. The van der Waals surface area contributed by atoms with Gasteiger partial charge in [-0.1, -0.05) is 0 Å². The summed E-state index contributed by atoms with van der Waals surface area (Å²) < 4.78 is 7.26.